The van der Waals surface area contributed by atoms with Crippen LogP contribution in [0.2, 0.25) is 5.04 Å². The summed E-state index contributed by atoms with van der Waals surface area (Å²) in [4.78, 5) is 2.95. The molecule has 194 valence electrons. The van der Waals surface area contributed by atoms with Crippen LogP contribution in [-0.4, -0.2) is 44.0 Å². The second kappa shape index (κ2) is 9.42. The summed E-state index contributed by atoms with van der Waals surface area (Å²) in [5, 5.41) is 11.6. The number of nitrogen functional groups attached to an aromatic ring is 1. The summed E-state index contributed by atoms with van der Waals surface area (Å²) in [6, 6.07) is 23.2. The molecule has 37 heavy (non-hydrogen) atoms. The molecule has 8 heteroatoms. The lowest BCUT2D eigenvalue weighted by molar-refractivity contribution is -0.190. The summed E-state index contributed by atoms with van der Waals surface area (Å²) in [6.45, 7) is 10.9. The second-order valence-corrected chi connectivity index (χ2v) is 15.6. The Kier molecular flexibility index (Phi) is 6.55. The molecule has 2 fully saturated rings. The maximum absolute atomic E-state index is 9.39. The highest BCUT2D eigenvalue weighted by Crippen LogP contribution is 2.47. The summed E-state index contributed by atoms with van der Waals surface area (Å²) >= 11 is 0. The van der Waals surface area contributed by atoms with E-state index in [0.717, 1.165) is 0 Å². The van der Waals surface area contributed by atoms with Crippen molar-refractivity contribution in [2.45, 2.75) is 69.9 Å². The Balaban J connectivity index is 1.51. The SMILES string of the molecule is CC1(C)OC2C(CO[Si](c3ccccc3)(c3ccccc3)C(C)(C)C)OC(c3c[nH]c(C#N)c3N)C2O1. The molecule has 2 saturated heterocycles. The Morgan fingerprint density at radius 1 is 1.00 bits per heavy atom. The van der Waals surface area contributed by atoms with Crippen LogP contribution in [0.25, 0.3) is 0 Å². The minimum absolute atomic E-state index is 0.161. The van der Waals surface area contributed by atoms with Gasteiger partial charge in [0, 0.05) is 11.8 Å². The van der Waals surface area contributed by atoms with E-state index in [4.69, 9.17) is 24.4 Å². The number of nitrogens with zero attached hydrogens (tertiary/aromatic N) is 1. The average Bonchev–Trinajstić information content (AvgIpc) is 3.50. The fourth-order valence-electron chi connectivity index (χ4n) is 5.81. The van der Waals surface area contributed by atoms with Gasteiger partial charge in [0.05, 0.1) is 12.3 Å². The van der Waals surface area contributed by atoms with E-state index in [1.165, 1.54) is 10.4 Å². The van der Waals surface area contributed by atoms with Gasteiger partial charge in [0.15, 0.2) is 5.79 Å². The van der Waals surface area contributed by atoms with Crippen molar-refractivity contribution in [3.63, 3.8) is 0 Å². The smallest absolute Gasteiger partial charge is 0.261 e. The lowest BCUT2D eigenvalue weighted by atomic mass is 10.0. The molecule has 0 spiro atoms. The van der Waals surface area contributed by atoms with Crippen molar-refractivity contribution in [3.05, 3.63) is 78.1 Å². The van der Waals surface area contributed by atoms with Crippen molar-refractivity contribution in [1.29, 1.82) is 5.26 Å². The zero-order valence-electron chi connectivity index (χ0n) is 22.0. The molecular formula is C29H35N3O4Si. The minimum atomic E-state index is -2.76. The zero-order valence-corrected chi connectivity index (χ0v) is 23.0. The zero-order chi connectivity index (χ0) is 26.4. The molecule has 0 amide bonds. The van der Waals surface area contributed by atoms with Gasteiger partial charge >= 0.3 is 0 Å². The molecule has 2 aromatic carbocycles. The Bertz CT molecular complexity index is 1240. The first-order valence-electron chi connectivity index (χ1n) is 12.7. The van der Waals surface area contributed by atoms with Crippen molar-refractivity contribution in [3.8, 4) is 6.07 Å². The number of H-pyrrole nitrogens is 1. The van der Waals surface area contributed by atoms with Gasteiger partial charge in [0.25, 0.3) is 8.32 Å². The number of rotatable bonds is 6. The number of benzene rings is 2. The largest absolute Gasteiger partial charge is 0.405 e. The topological polar surface area (TPSA) is 103 Å². The van der Waals surface area contributed by atoms with E-state index in [1.54, 1.807) is 6.20 Å². The first kappa shape index (κ1) is 25.7. The molecule has 5 rings (SSSR count). The van der Waals surface area contributed by atoms with Gasteiger partial charge in [0.1, 0.15) is 36.2 Å². The average molecular weight is 518 g/mol. The lowest BCUT2D eigenvalue weighted by Gasteiger charge is -2.43. The molecule has 2 aliphatic heterocycles. The van der Waals surface area contributed by atoms with Crippen LogP contribution in [-0.2, 0) is 18.6 Å². The quantitative estimate of drug-likeness (QED) is 0.479. The summed E-state index contributed by atoms with van der Waals surface area (Å²) < 4.78 is 26.4. The molecule has 3 heterocycles. The van der Waals surface area contributed by atoms with Crippen LogP contribution in [0.15, 0.2) is 66.9 Å². The molecule has 0 bridgehead atoms. The highest BCUT2D eigenvalue weighted by atomic mass is 28.4. The van der Waals surface area contributed by atoms with Crippen LogP contribution in [0.5, 0.6) is 0 Å². The van der Waals surface area contributed by atoms with Crippen LogP contribution in [0.1, 0.15) is 52.0 Å². The van der Waals surface area contributed by atoms with E-state index in [2.05, 4.69) is 80.4 Å². The number of nitriles is 1. The molecule has 7 nitrogen and oxygen atoms in total. The number of hydrogen-bond donors (Lipinski definition) is 2. The number of ether oxygens (including phenoxy) is 3. The summed E-state index contributed by atoms with van der Waals surface area (Å²) in [5.74, 6) is -0.768. The van der Waals surface area contributed by atoms with Gasteiger partial charge in [-0.25, -0.2) is 0 Å². The number of nitrogens with two attached hydrogens (primary N) is 1. The normalized spacial score (nSPS) is 25.1. The van der Waals surface area contributed by atoms with Crippen molar-refractivity contribution in [1.82, 2.24) is 4.98 Å². The molecule has 2 aliphatic rings. The number of aromatic amines is 1. The van der Waals surface area contributed by atoms with Crippen molar-refractivity contribution < 1.29 is 18.6 Å². The van der Waals surface area contributed by atoms with Crippen LogP contribution in [0.4, 0.5) is 5.69 Å². The maximum atomic E-state index is 9.39. The monoisotopic (exact) mass is 517 g/mol. The van der Waals surface area contributed by atoms with Crippen molar-refractivity contribution in [2.24, 2.45) is 0 Å². The summed E-state index contributed by atoms with van der Waals surface area (Å²) in [6.07, 6.45) is 0.178. The third-order valence-electron chi connectivity index (χ3n) is 7.40. The van der Waals surface area contributed by atoms with Gasteiger partial charge in [-0.2, -0.15) is 5.26 Å². The van der Waals surface area contributed by atoms with E-state index in [-0.39, 0.29) is 23.4 Å². The molecule has 4 atom stereocenters. The van der Waals surface area contributed by atoms with Gasteiger partial charge in [0.2, 0.25) is 0 Å². The summed E-state index contributed by atoms with van der Waals surface area (Å²) in [5.41, 5.74) is 7.70. The highest BCUT2D eigenvalue weighted by molar-refractivity contribution is 6.99. The molecule has 3 aromatic rings. The Morgan fingerprint density at radius 2 is 1.57 bits per heavy atom. The number of anilines is 1. The number of nitrogens with one attached hydrogen (secondary N) is 1. The maximum Gasteiger partial charge on any atom is 0.261 e. The highest BCUT2D eigenvalue weighted by Gasteiger charge is 2.58. The van der Waals surface area contributed by atoms with E-state index >= 15 is 0 Å². The van der Waals surface area contributed by atoms with E-state index < -0.39 is 20.2 Å². The van der Waals surface area contributed by atoms with Gasteiger partial charge < -0.3 is 29.4 Å². The minimum Gasteiger partial charge on any atom is -0.405 e. The third kappa shape index (κ3) is 4.41. The van der Waals surface area contributed by atoms with Gasteiger partial charge in [-0.1, -0.05) is 81.4 Å². The molecule has 0 aliphatic carbocycles. The molecular weight excluding hydrogens is 482 g/mol. The Labute approximate surface area is 219 Å². The molecule has 0 radical (unpaired) electrons. The number of fused-ring (bicyclic) bond motifs is 1. The van der Waals surface area contributed by atoms with E-state index in [0.29, 0.717) is 23.6 Å². The first-order chi connectivity index (χ1) is 17.6. The molecule has 0 saturated carbocycles. The first-order valence-corrected chi connectivity index (χ1v) is 14.6. The number of hydrogen-bond acceptors (Lipinski definition) is 6. The van der Waals surface area contributed by atoms with E-state index in [9.17, 15) is 5.26 Å². The summed E-state index contributed by atoms with van der Waals surface area (Å²) in [7, 11) is -2.76. The van der Waals surface area contributed by atoms with Crippen LogP contribution in [0.3, 0.4) is 0 Å². The van der Waals surface area contributed by atoms with Gasteiger partial charge in [-0.15, -0.1) is 0 Å². The molecule has 3 N–H and O–H groups in total. The van der Waals surface area contributed by atoms with Crippen LogP contribution >= 0.6 is 0 Å². The Hall–Kier alpha value is -2.93. The molecule has 1 aromatic heterocycles. The van der Waals surface area contributed by atoms with Crippen molar-refractivity contribution in [2.75, 3.05) is 12.3 Å². The van der Waals surface area contributed by atoms with Gasteiger partial charge in [-0.3, -0.25) is 0 Å². The third-order valence-corrected chi connectivity index (χ3v) is 12.4. The van der Waals surface area contributed by atoms with Crippen molar-refractivity contribution >= 4 is 24.4 Å². The fourth-order valence-corrected chi connectivity index (χ4v) is 10.4. The Morgan fingerprint density at radius 3 is 2.08 bits per heavy atom. The molecule has 4 unspecified atom stereocenters. The van der Waals surface area contributed by atoms with Gasteiger partial charge in [-0.05, 0) is 29.3 Å². The van der Waals surface area contributed by atoms with Crippen LogP contribution < -0.4 is 16.1 Å². The predicted molar refractivity (Wildman–Crippen MR) is 145 cm³/mol. The van der Waals surface area contributed by atoms with E-state index in [1.807, 2.05) is 26.0 Å². The lowest BCUT2D eigenvalue weighted by Crippen LogP contribution is -2.67. The predicted octanol–water partition coefficient (Wildman–Crippen LogP) is 4.01. The second-order valence-electron chi connectivity index (χ2n) is 11.3. The standard InChI is InChI=1S/C29H35N3O4Si/c1-28(2,3)37(19-12-8-6-9-13-19,20-14-10-7-11-15-20)33-18-23-26-27(36-29(4,5)35-26)25(34-23)21-17-32-22(16-30)24(21)31/h6-15,17,23,25-27,32H,18,31H2,1-5H3. The van der Waals surface area contributed by atoms with Crippen LogP contribution in [0, 0.1) is 11.3 Å². The number of aromatic nitrogens is 1. The fraction of sp³-hybridized carbons (Fsp3) is 0.414.